The molecule has 152 valence electrons. The molecule has 8 heteroatoms. The average molecular weight is 423 g/mol. The van der Waals surface area contributed by atoms with E-state index < -0.39 is 11.6 Å². The van der Waals surface area contributed by atoms with E-state index in [1.54, 1.807) is 53.4 Å². The number of nitrogens with one attached hydrogen (secondary N) is 1. The molecule has 2 aliphatic heterocycles. The number of carbonyl (C=O) groups excluding carboxylic acids is 3. The van der Waals surface area contributed by atoms with Crippen molar-refractivity contribution < 1.29 is 14.4 Å². The molecule has 2 fully saturated rings. The molecule has 30 heavy (non-hydrogen) atoms. The topological polar surface area (TPSA) is 93.5 Å². The van der Waals surface area contributed by atoms with E-state index in [1.165, 1.54) is 4.90 Å². The third-order valence-corrected chi connectivity index (χ3v) is 5.79. The molecular weight excluding hydrogens is 404 g/mol. The summed E-state index contributed by atoms with van der Waals surface area (Å²) in [6.45, 7) is 0.765. The minimum Gasteiger partial charge on any atom is -0.336 e. The number of urea groups is 1. The highest BCUT2D eigenvalue weighted by Gasteiger charge is 2.53. The first-order valence-corrected chi connectivity index (χ1v) is 9.98. The van der Waals surface area contributed by atoms with Gasteiger partial charge in [0.15, 0.2) is 0 Å². The Kier molecular flexibility index (Phi) is 5.18. The van der Waals surface area contributed by atoms with Crippen LogP contribution in [0.1, 0.15) is 34.3 Å². The Morgan fingerprint density at radius 2 is 1.83 bits per heavy atom. The largest absolute Gasteiger partial charge is 0.336 e. The minimum absolute atomic E-state index is 0.119. The van der Waals surface area contributed by atoms with Gasteiger partial charge in [0.05, 0.1) is 24.7 Å². The molecule has 1 N–H and O–H groups in total. The van der Waals surface area contributed by atoms with Crippen molar-refractivity contribution in [1.29, 1.82) is 5.26 Å². The number of nitrogens with zero attached hydrogens (tertiary/aromatic N) is 3. The number of piperidine rings is 1. The fourth-order valence-electron chi connectivity index (χ4n) is 3.97. The van der Waals surface area contributed by atoms with Gasteiger partial charge in [0.1, 0.15) is 5.54 Å². The summed E-state index contributed by atoms with van der Waals surface area (Å²) in [6.07, 6.45) is 1.08. The van der Waals surface area contributed by atoms with Gasteiger partial charge in [0, 0.05) is 17.1 Å². The maximum atomic E-state index is 13.2. The zero-order valence-corrected chi connectivity index (χ0v) is 16.9. The second kappa shape index (κ2) is 7.81. The smallest absolute Gasteiger partial charge is 0.325 e. The van der Waals surface area contributed by atoms with Crippen LogP contribution in [-0.4, -0.2) is 46.3 Å². The van der Waals surface area contributed by atoms with Crippen molar-refractivity contribution >= 4 is 29.4 Å². The number of hydrogen-bond donors (Lipinski definition) is 1. The molecule has 4 amide bonds. The van der Waals surface area contributed by atoms with Crippen molar-refractivity contribution in [3.63, 3.8) is 0 Å². The van der Waals surface area contributed by atoms with Gasteiger partial charge in [-0.05, 0) is 54.8 Å². The fourth-order valence-corrected chi connectivity index (χ4v) is 4.09. The Balaban J connectivity index is 1.51. The van der Waals surface area contributed by atoms with E-state index in [-0.39, 0.29) is 24.9 Å². The van der Waals surface area contributed by atoms with Crippen molar-refractivity contribution in [3.8, 4) is 6.07 Å². The highest BCUT2D eigenvalue weighted by Crippen LogP contribution is 2.30. The van der Waals surface area contributed by atoms with Gasteiger partial charge in [-0.25, -0.2) is 4.79 Å². The van der Waals surface area contributed by atoms with Crippen LogP contribution in [0.2, 0.25) is 5.02 Å². The average Bonchev–Trinajstić information content (AvgIpc) is 2.98. The van der Waals surface area contributed by atoms with Crippen LogP contribution in [0.3, 0.4) is 0 Å². The summed E-state index contributed by atoms with van der Waals surface area (Å²) in [6, 6.07) is 14.9. The first-order valence-electron chi connectivity index (χ1n) is 9.60. The summed E-state index contributed by atoms with van der Waals surface area (Å²) in [7, 11) is 0. The van der Waals surface area contributed by atoms with Crippen molar-refractivity contribution in [1.82, 2.24) is 15.1 Å². The molecule has 0 saturated carbocycles. The Bertz CT molecular complexity index is 1050. The van der Waals surface area contributed by atoms with Gasteiger partial charge in [-0.15, -0.1) is 0 Å². The van der Waals surface area contributed by atoms with Gasteiger partial charge in [0.25, 0.3) is 11.8 Å². The first kappa shape index (κ1) is 19.9. The number of carbonyl (C=O) groups is 3. The summed E-state index contributed by atoms with van der Waals surface area (Å²) in [5.74, 6) is -0.545. The summed E-state index contributed by atoms with van der Waals surface area (Å²) >= 11 is 5.90. The quantitative estimate of drug-likeness (QED) is 0.769. The molecule has 1 atom stereocenters. The van der Waals surface area contributed by atoms with E-state index in [2.05, 4.69) is 5.32 Å². The number of imide groups is 1. The highest BCUT2D eigenvalue weighted by atomic mass is 35.5. The standard InChI is InChI=1S/C22H19ClN4O3/c23-18-8-4-16(5-9-18)13-27-20(29)22(25-21(27)30)10-1-11-26(14-22)19(28)17-6-2-15(12-24)3-7-17/h2-9H,1,10-11,13-14H2,(H,25,30)/t22-/m0/s1. The third kappa shape index (κ3) is 3.62. The van der Waals surface area contributed by atoms with Gasteiger partial charge in [0.2, 0.25) is 0 Å². The fraction of sp³-hybridized carbons (Fsp3) is 0.273. The Morgan fingerprint density at radius 1 is 1.13 bits per heavy atom. The molecule has 1 spiro atoms. The Labute approximate surface area is 178 Å². The number of benzene rings is 2. The molecule has 0 radical (unpaired) electrons. The predicted molar refractivity (Wildman–Crippen MR) is 110 cm³/mol. The Hall–Kier alpha value is -3.37. The second-order valence-corrected chi connectivity index (χ2v) is 7.99. The van der Waals surface area contributed by atoms with Crippen LogP contribution in [0.25, 0.3) is 0 Å². The van der Waals surface area contributed by atoms with Gasteiger partial charge in [-0.1, -0.05) is 23.7 Å². The predicted octanol–water partition coefficient (Wildman–Crippen LogP) is 2.94. The molecule has 2 aliphatic rings. The number of nitriles is 1. The van der Waals surface area contributed by atoms with E-state index in [0.717, 1.165) is 5.56 Å². The maximum Gasteiger partial charge on any atom is 0.325 e. The lowest BCUT2D eigenvalue weighted by molar-refractivity contribution is -0.133. The molecule has 2 aromatic rings. The van der Waals surface area contributed by atoms with Crippen LogP contribution in [0.15, 0.2) is 48.5 Å². The van der Waals surface area contributed by atoms with Gasteiger partial charge in [-0.2, -0.15) is 5.26 Å². The van der Waals surface area contributed by atoms with Crippen LogP contribution in [0, 0.1) is 11.3 Å². The molecule has 2 heterocycles. The van der Waals surface area contributed by atoms with Crippen LogP contribution in [0.5, 0.6) is 0 Å². The van der Waals surface area contributed by atoms with Crippen LogP contribution in [0.4, 0.5) is 4.79 Å². The van der Waals surface area contributed by atoms with Crippen molar-refractivity contribution in [2.24, 2.45) is 0 Å². The molecule has 0 aromatic heterocycles. The number of halogens is 1. The van der Waals surface area contributed by atoms with Gasteiger partial charge >= 0.3 is 6.03 Å². The lowest BCUT2D eigenvalue weighted by atomic mass is 9.88. The zero-order chi connectivity index (χ0) is 21.3. The molecular formula is C22H19ClN4O3. The molecule has 2 saturated heterocycles. The number of likely N-dealkylation sites (tertiary alicyclic amines) is 1. The molecule has 0 aliphatic carbocycles. The number of rotatable bonds is 3. The van der Waals surface area contributed by atoms with Gasteiger partial charge < -0.3 is 10.2 Å². The summed E-state index contributed by atoms with van der Waals surface area (Å²) in [5.41, 5.74) is 0.601. The second-order valence-electron chi connectivity index (χ2n) is 7.55. The monoisotopic (exact) mass is 422 g/mol. The third-order valence-electron chi connectivity index (χ3n) is 5.54. The minimum atomic E-state index is -1.11. The van der Waals surface area contributed by atoms with Crippen LogP contribution in [-0.2, 0) is 11.3 Å². The molecule has 0 unspecified atom stereocenters. The van der Waals surface area contributed by atoms with E-state index in [1.807, 2.05) is 6.07 Å². The summed E-state index contributed by atoms with van der Waals surface area (Å²) in [5, 5.41) is 12.3. The van der Waals surface area contributed by atoms with Crippen molar-refractivity contribution in [2.75, 3.05) is 13.1 Å². The molecule has 7 nitrogen and oxygen atoms in total. The lowest BCUT2D eigenvalue weighted by Gasteiger charge is -2.38. The van der Waals surface area contributed by atoms with Crippen LogP contribution >= 0.6 is 11.6 Å². The van der Waals surface area contributed by atoms with E-state index >= 15 is 0 Å². The summed E-state index contributed by atoms with van der Waals surface area (Å²) in [4.78, 5) is 41.5. The SMILES string of the molecule is N#Cc1ccc(C(=O)N2CCC[C@@]3(C2)NC(=O)N(Cc2ccc(Cl)cc2)C3=O)cc1. The van der Waals surface area contributed by atoms with E-state index in [9.17, 15) is 14.4 Å². The molecule has 2 aromatic carbocycles. The normalized spacial score (nSPS) is 20.9. The van der Waals surface area contributed by atoms with E-state index in [0.29, 0.717) is 35.5 Å². The lowest BCUT2D eigenvalue weighted by Crippen LogP contribution is -2.59. The van der Waals surface area contributed by atoms with Gasteiger partial charge in [-0.3, -0.25) is 14.5 Å². The maximum absolute atomic E-state index is 13.2. The van der Waals surface area contributed by atoms with Crippen molar-refractivity contribution in [2.45, 2.75) is 24.9 Å². The van der Waals surface area contributed by atoms with E-state index in [4.69, 9.17) is 16.9 Å². The Morgan fingerprint density at radius 3 is 2.50 bits per heavy atom. The summed E-state index contributed by atoms with van der Waals surface area (Å²) < 4.78 is 0. The molecule has 0 bridgehead atoms. The van der Waals surface area contributed by atoms with Crippen molar-refractivity contribution in [3.05, 3.63) is 70.2 Å². The number of hydrogen-bond acceptors (Lipinski definition) is 4. The number of amides is 4. The van der Waals surface area contributed by atoms with Crippen LogP contribution < -0.4 is 5.32 Å². The zero-order valence-electron chi connectivity index (χ0n) is 16.1. The highest BCUT2D eigenvalue weighted by molar-refractivity contribution is 6.30. The first-order chi connectivity index (χ1) is 14.4. The molecule has 4 rings (SSSR count).